The van der Waals surface area contributed by atoms with Gasteiger partial charge in [-0.15, -0.1) is 0 Å². The van der Waals surface area contributed by atoms with Gasteiger partial charge in [-0.2, -0.15) is 0 Å². The highest BCUT2D eigenvalue weighted by molar-refractivity contribution is 5.73. The first-order valence-corrected chi connectivity index (χ1v) is 11.6. The van der Waals surface area contributed by atoms with Crippen molar-refractivity contribution in [2.45, 2.75) is 34.2 Å². The summed E-state index contributed by atoms with van der Waals surface area (Å²) in [6, 6.07) is 21.4. The van der Waals surface area contributed by atoms with Crippen LogP contribution in [0, 0.1) is 17.3 Å². The van der Waals surface area contributed by atoms with E-state index in [-0.39, 0.29) is 5.41 Å². The van der Waals surface area contributed by atoms with Crippen molar-refractivity contribution in [2.75, 3.05) is 13.1 Å². The standard InChI is InChI=1S/C31H34N2/c1-5-33(21-8-6-7-19-31(2,3)4)25-28-14-9-12-26(22-28)17-18-27-13-10-15-29(23-27)30-16-11-20-32-24-30/h6,8-18,20,22-24H,5,21,25H2,1-4H3/b8-6+,18-17+. The van der Waals surface area contributed by atoms with Gasteiger partial charge >= 0.3 is 0 Å². The first-order valence-electron chi connectivity index (χ1n) is 11.6. The second kappa shape index (κ2) is 12.0. The maximum atomic E-state index is 4.23. The molecule has 0 N–H and O–H groups in total. The molecule has 0 radical (unpaired) electrons. The molecule has 0 atom stereocenters. The Morgan fingerprint density at radius 1 is 0.909 bits per heavy atom. The molecule has 2 heteroatoms. The fraction of sp³-hybridized carbons (Fsp3) is 0.258. The van der Waals surface area contributed by atoms with Crippen molar-refractivity contribution in [3.63, 3.8) is 0 Å². The zero-order valence-electron chi connectivity index (χ0n) is 20.3. The predicted octanol–water partition coefficient (Wildman–Crippen LogP) is 7.35. The molecule has 0 aliphatic heterocycles. The summed E-state index contributed by atoms with van der Waals surface area (Å²) < 4.78 is 0. The molecule has 0 saturated heterocycles. The molecule has 1 heterocycles. The average molecular weight is 435 g/mol. The second-order valence-corrected chi connectivity index (χ2v) is 9.19. The van der Waals surface area contributed by atoms with Gasteiger partial charge in [0.2, 0.25) is 0 Å². The lowest BCUT2D eigenvalue weighted by atomic mass is 9.98. The van der Waals surface area contributed by atoms with Gasteiger partial charge in [0.1, 0.15) is 0 Å². The number of allylic oxidation sites excluding steroid dienone is 1. The molecule has 0 saturated carbocycles. The van der Waals surface area contributed by atoms with E-state index in [1.165, 1.54) is 22.3 Å². The number of likely N-dealkylation sites (N-methyl/N-ethyl adjacent to an activating group) is 1. The molecule has 2 aromatic carbocycles. The van der Waals surface area contributed by atoms with Crippen LogP contribution in [0.2, 0.25) is 0 Å². The van der Waals surface area contributed by atoms with E-state index in [0.717, 1.165) is 25.2 Å². The molecule has 168 valence electrons. The lowest BCUT2D eigenvalue weighted by Crippen LogP contribution is -2.22. The molecular formula is C31H34N2. The summed E-state index contributed by atoms with van der Waals surface area (Å²) in [5, 5.41) is 0. The van der Waals surface area contributed by atoms with Crippen molar-refractivity contribution in [3.05, 3.63) is 102 Å². The van der Waals surface area contributed by atoms with Crippen LogP contribution in [0.25, 0.3) is 23.3 Å². The van der Waals surface area contributed by atoms with Crippen LogP contribution in [0.5, 0.6) is 0 Å². The van der Waals surface area contributed by atoms with Crippen molar-refractivity contribution in [3.8, 4) is 23.0 Å². The number of aromatic nitrogens is 1. The fourth-order valence-electron chi connectivity index (χ4n) is 3.43. The first-order chi connectivity index (χ1) is 15.9. The van der Waals surface area contributed by atoms with Gasteiger partial charge in [0.25, 0.3) is 0 Å². The second-order valence-electron chi connectivity index (χ2n) is 9.19. The minimum Gasteiger partial charge on any atom is -0.296 e. The zero-order valence-corrected chi connectivity index (χ0v) is 20.3. The molecule has 0 fully saturated rings. The van der Waals surface area contributed by atoms with Crippen LogP contribution in [0.15, 0.2) is 85.2 Å². The molecule has 3 rings (SSSR count). The lowest BCUT2D eigenvalue weighted by molar-refractivity contribution is 0.311. The number of benzene rings is 2. The third-order valence-corrected chi connectivity index (χ3v) is 5.17. The number of nitrogens with zero attached hydrogens (tertiary/aromatic N) is 2. The third-order valence-electron chi connectivity index (χ3n) is 5.17. The Labute approximate surface area is 199 Å². The summed E-state index contributed by atoms with van der Waals surface area (Å²) in [7, 11) is 0. The molecule has 0 aliphatic rings. The van der Waals surface area contributed by atoms with Crippen molar-refractivity contribution in [1.82, 2.24) is 9.88 Å². The maximum Gasteiger partial charge on any atom is 0.0346 e. The first kappa shape index (κ1) is 24.2. The minimum absolute atomic E-state index is 0.0445. The van der Waals surface area contributed by atoms with Crippen molar-refractivity contribution in [1.29, 1.82) is 0 Å². The zero-order chi connectivity index (χ0) is 23.5. The van der Waals surface area contributed by atoms with Gasteiger partial charge in [0, 0.05) is 36.5 Å². The van der Waals surface area contributed by atoms with Gasteiger partial charge < -0.3 is 0 Å². The molecule has 2 nitrogen and oxygen atoms in total. The summed E-state index contributed by atoms with van der Waals surface area (Å²) in [6.45, 7) is 11.4. The Bertz CT molecular complexity index is 1140. The van der Waals surface area contributed by atoms with E-state index in [1.54, 1.807) is 6.20 Å². The summed E-state index contributed by atoms with van der Waals surface area (Å²) >= 11 is 0. The Kier molecular flexibility index (Phi) is 8.81. The van der Waals surface area contributed by atoms with Gasteiger partial charge in [-0.3, -0.25) is 9.88 Å². The largest absolute Gasteiger partial charge is 0.296 e. The Morgan fingerprint density at radius 3 is 2.33 bits per heavy atom. The van der Waals surface area contributed by atoms with E-state index in [9.17, 15) is 0 Å². The van der Waals surface area contributed by atoms with Crippen molar-refractivity contribution < 1.29 is 0 Å². The van der Waals surface area contributed by atoms with Gasteiger partial charge in [-0.1, -0.05) is 85.5 Å². The number of rotatable bonds is 8. The smallest absolute Gasteiger partial charge is 0.0346 e. The molecule has 1 aromatic heterocycles. The predicted molar refractivity (Wildman–Crippen MR) is 142 cm³/mol. The average Bonchev–Trinajstić information content (AvgIpc) is 2.82. The van der Waals surface area contributed by atoms with E-state index < -0.39 is 0 Å². The summed E-state index contributed by atoms with van der Waals surface area (Å²) in [5.74, 6) is 6.40. The monoisotopic (exact) mass is 434 g/mol. The molecule has 0 spiro atoms. The van der Waals surface area contributed by atoms with Crippen LogP contribution in [-0.4, -0.2) is 23.0 Å². The molecule has 0 amide bonds. The Hall–Kier alpha value is -3.41. The van der Waals surface area contributed by atoms with Crippen LogP contribution in [0.3, 0.4) is 0 Å². The summed E-state index contributed by atoms with van der Waals surface area (Å²) in [6.07, 6.45) is 12.2. The highest BCUT2D eigenvalue weighted by Crippen LogP contribution is 2.20. The normalized spacial score (nSPS) is 11.8. The molecule has 0 aliphatic carbocycles. The fourth-order valence-corrected chi connectivity index (χ4v) is 3.43. The van der Waals surface area contributed by atoms with E-state index in [2.05, 4.69) is 122 Å². The number of pyridine rings is 1. The molecular weight excluding hydrogens is 400 g/mol. The molecule has 0 bridgehead atoms. The maximum absolute atomic E-state index is 4.23. The van der Waals surface area contributed by atoms with Gasteiger partial charge in [-0.25, -0.2) is 0 Å². The minimum atomic E-state index is 0.0445. The molecule has 0 unspecified atom stereocenters. The molecule has 3 aromatic rings. The van der Waals surface area contributed by atoms with E-state index >= 15 is 0 Å². The van der Waals surface area contributed by atoms with E-state index in [1.807, 2.05) is 18.3 Å². The summed E-state index contributed by atoms with van der Waals surface area (Å²) in [5.41, 5.74) is 6.06. The van der Waals surface area contributed by atoms with Gasteiger partial charge in [-0.05, 0) is 67.8 Å². The highest BCUT2D eigenvalue weighted by atomic mass is 15.1. The Balaban J connectivity index is 1.64. The topological polar surface area (TPSA) is 16.1 Å². The number of hydrogen-bond donors (Lipinski definition) is 0. The van der Waals surface area contributed by atoms with Crippen LogP contribution in [-0.2, 0) is 6.54 Å². The van der Waals surface area contributed by atoms with E-state index in [4.69, 9.17) is 0 Å². The van der Waals surface area contributed by atoms with Gasteiger partial charge in [0.05, 0.1) is 0 Å². The van der Waals surface area contributed by atoms with E-state index in [0.29, 0.717) is 0 Å². The lowest BCUT2D eigenvalue weighted by Gasteiger charge is -2.18. The number of hydrogen-bond acceptors (Lipinski definition) is 2. The van der Waals surface area contributed by atoms with Crippen LogP contribution in [0.4, 0.5) is 0 Å². The molecule has 33 heavy (non-hydrogen) atoms. The Morgan fingerprint density at radius 2 is 1.64 bits per heavy atom. The van der Waals surface area contributed by atoms with Crippen LogP contribution >= 0.6 is 0 Å². The van der Waals surface area contributed by atoms with Crippen LogP contribution in [0.1, 0.15) is 44.4 Å². The SMILES string of the molecule is CCN(C/C=C/C#CC(C)(C)C)Cc1cccc(/C=C/c2cccc(-c3cccnc3)c2)c1. The highest BCUT2D eigenvalue weighted by Gasteiger charge is 2.04. The van der Waals surface area contributed by atoms with Crippen molar-refractivity contribution in [2.24, 2.45) is 5.41 Å². The quantitative estimate of drug-likeness (QED) is 0.272. The van der Waals surface area contributed by atoms with Crippen LogP contribution < -0.4 is 0 Å². The van der Waals surface area contributed by atoms with Crippen molar-refractivity contribution >= 4 is 12.2 Å². The third kappa shape index (κ3) is 8.56. The summed E-state index contributed by atoms with van der Waals surface area (Å²) in [4.78, 5) is 6.64. The van der Waals surface area contributed by atoms with Gasteiger partial charge in [0.15, 0.2) is 0 Å².